The highest BCUT2D eigenvalue weighted by atomic mass is 32.2. The van der Waals surface area contributed by atoms with Crippen LogP contribution in [-0.4, -0.2) is 49.9 Å². The summed E-state index contributed by atoms with van der Waals surface area (Å²) in [6.45, 7) is 2.51. The Balaban J connectivity index is 1.64. The van der Waals surface area contributed by atoms with Crippen LogP contribution in [0.25, 0.3) is 5.57 Å². The van der Waals surface area contributed by atoms with Gasteiger partial charge < -0.3 is 10.6 Å². The van der Waals surface area contributed by atoms with Crippen molar-refractivity contribution in [3.8, 4) is 0 Å². The van der Waals surface area contributed by atoms with Crippen molar-refractivity contribution in [2.24, 2.45) is 0 Å². The van der Waals surface area contributed by atoms with Gasteiger partial charge in [0.1, 0.15) is 9.84 Å². The number of nitrogens with two attached hydrogens (primary N) is 1. The topological polar surface area (TPSA) is 76.3 Å². The molecule has 0 saturated carbocycles. The third-order valence-electron chi connectivity index (χ3n) is 5.33. The van der Waals surface area contributed by atoms with Crippen molar-refractivity contribution in [1.82, 2.24) is 9.88 Å². The van der Waals surface area contributed by atoms with E-state index in [-0.39, 0.29) is 5.75 Å². The molecule has 0 spiro atoms. The van der Waals surface area contributed by atoms with Crippen molar-refractivity contribution in [2.75, 3.05) is 37.4 Å². The first-order valence-corrected chi connectivity index (χ1v) is 11.3. The SMILES string of the molecule is CS(=O)(=O)CCN1CCC(c2ccc(N)c(C3=CCCCC3)n2)CC1. The molecule has 0 aromatic carbocycles. The highest BCUT2D eigenvalue weighted by molar-refractivity contribution is 7.90. The zero-order chi connectivity index (χ0) is 17.9. The van der Waals surface area contributed by atoms with Gasteiger partial charge in [0.2, 0.25) is 0 Å². The van der Waals surface area contributed by atoms with Crippen LogP contribution in [0.1, 0.15) is 55.8 Å². The summed E-state index contributed by atoms with van der Waals surface area (Å²) in [5.41, 5.74) is 10.4. The summed E-state index contributed by atoms with van der Waals surface area (Å²) < 4.78 is 22.7. The third-order valence-corrected chi connectivity index (χ3v) is 6.25. The van der Waals surface area contributed by atoms with Crippen molar-refractivity contribution < 1.29 is 8.42 Å². The van der Waals surface area contributed by atoms with Crippen LogP contribution in [-0.2, 0) is 9.84 Å². The van der Waals surface area contributed by atoms with Gasteiger partial charge in [-0.05, 0) is 69.3 Å². The Morgan fingerprint density at radius 1 is 1.24 bits per heavy atom. The summed E-state index contributed by atoms with van der Waals surface area (Å²) in [6.07, 6.45) is 10.3. The lowest BCUT2D eigenvalue weighted by Gasteiger charge is -2.31. The Bertz CT molecular complexity index is 735. The average Bonchev–Trinajstić information content (AvgIpc) is 2.61. The molecule has 1 fully saturated rings. The molecule has 2 aliphatic rings. The van der Waals surface area contributed by atoms with Crippen LogP contribution in [0.2, 0.25) is 0 Å². The molecule has 1 aliphatic heterocycles. The van der Waals surface area contributed by atoms with Crippen molar-refractivity contribution in [3.05, 3.63) is 29.6 Å². The molecule has 1 aromatic rings. The smallest absolute Gasteiger partial charge is 0.148 e. The largest absolute Gasteiger partial charge is 0.397 e. The van der Waals surface area contributed by atoms with E-state index in [1.54, 1.807) is 0 Å². The molecule has 5 nitrogen and oxygen atoms in total. The normalized spacial score (nSPS) is 20.4. The minimum Gasteiger partial charge on any atom is -0.397 e. The molecule has 25 heavy (non-hydrogen) atoms. The van der Waals surface area contributed by atoms with E-state index in [0.29, 0.717) is 12.5 Å². The van der Waals surface area contributed by atoms with E-state index in [9.17, 15) is 8.42 Å². The Labute approximate surface area is 151 Å². The van der Waals surface area contributed by atoms with Crippen molar-refractivity contribution >= 4 is 21.1 Å². The maximum atomic E-state index is 11.3. The number of sulfone groups is 1. The summed E-state index contributed by atoms with van der Waals surface area (Å²) >= 11 is 0. The quantitative estimate of drug-likeness (QED) is 0.870. The van der Waals surface area contributed by atoms with Crippen LogP contribution >= 0.6 is 0 Å². The number of anilines is 1. The van der Waals surface area contributed by atoms with E-state index >= 15 is 0 Å². The Kier molecular flexibility index (Phi) is 5.79. The number of likely N-dealkylation sites (tertiary alicyclic amines) is 1. The highest BCUT2D eigenvalue weighted by Gasteiger charge is 2.23. The van der Waals surface area contributed by atoms with Crippen LogP contribution in [0.15, 0.2) is 18.2 Å². The summed E-state index contributed by atoms with van der Waals surface area (Å²) in [7, 11) is -2.89. The summed E-state index contributed by atoms with van der Waals surface area (Å²) in [4.78, 5) is 7.17. The maximum Gasteiger partial charge on any atom is 0.148 e. The number of piperidine rings is 1. The van der Waals surface area contributed by atoms with Crippen LogP contribution in [0, 0.1) is 0 Å². The fourth-order valence-corrected chi connectivity index (χ4v) is 4.36. The molecular weight excluding hydrogens is 334 g/mol. The number of pyridine rings is 1. The van der Waals surface area contributed by atoms with E-state index in [1.165, 1.54) is 24.7 Å². The molecule has 0 radical (unpaired) electrons. The van der Waals surface area contributed by atoms with Crippen molar-refractivity contribution in [2.45, 2.75) is 44.4 Å². The number of nitrogens with zero attached hydrogens (tertiary/aromatic N) is 2. The van der Waals surface area contributed by atoms with Gasteiger partial charge in [0.25, 0.3) is 0 Å². The van der Waals surface area contributed by atoms with Gasteiger partial charge in [-0.15, -0.1) is 0 Å². The summed E-state index contributed by atoms with van der Waals surface area (Å²) in [6, 6.07) is 4.07. The van der Waals surface area contributed by atoms with Crippen molar-refractivity contribution in [1.29, 1.82) is 0 Å². The van der Waals surface area contributed by atoms with Crippen LogP contribution in [0.4, 0.5) is 5.69 Å². The Hall–Kier alpha value is -1.40. The average molecular weight is 364 g/mol. The van der Waals surface area contributed by atoms with Crippen LogP contribution in [0.5, 0.6) is 0 Å². The first-order chi connectivity index (χ1) is 11.9. The van der Waals surface area contributed by atoms with E-state index in [4.69, 9.17) is 10.7 Å². The van der Waals surface area contributed by atoms with Gasteiger partial charge in [0.05, 0.1) is 17.1 Å². The van der Waals surface area contributed by atoms with E-state index in [0.717, 1.165) is 55.8 Å². The lowest BCUT2D eigenvalue weighted by Crippen LogP contribution is -2.36. The molecule has 2 heterocycles. The predicted octanol–water partition coefficient (Wildman–Crippen LogP) is 2.85. The molecule has 1 aromatic heterocycles. The Morgan fingerprint density at radius 2 is 2.00 bits per heavy atom. The highest BCUT2D eigenvalue weighted by Crippen LogP contribution is 2.32. The molecule has 0 atom stereocenters. The van der Waals surface area contributed by atoms with Crippen molar-refractivity contribution in [3.63, 3.8) is 0 Å². The number of hydrogen-bond donors (Lipinski definition) is 1. The standard InChI is InChI=1S/C19H29N3O2S/c1-25(23,24)14-13-22-11-9-15(10-12-22)18-8-7-17(20)19(21-18)16-5-3-2-4-6-16/h5,7-8,15H,2-4,6,9-14,20H2,1H3. The van der Waals surface area contributed by atoms with E-state index in [2.05, 4.69) is 17.0 Å². The van der Waals surface area contributed by atoms with E-state index < -0.39 is 9.84 Å². The second-order valence-corrected chi connectivity index (χ2v) is 9.65. The molecule has 0 unspecified atom stereocenters. The predicted molar refractivity (Wildman–Crippen MR) is 103 cm³/mol. The molecule has 3 rings (SSSR count). The molecule has 0 bridgehead atoms. The zero-order valence-corrected chi connectivity index (χ0v) is 15.9. The van der Waals surface area contributed by atoms with Crippen LogP contribution in [0.3, 0.4) is 0 Å². The van der Waals surface area contributed by atoms with Crippen LogP contribution < -0.4 is 5.73 Å². The molecule has 2 N–H and O–H groups in total. The van der Waals surface area contributed by atoms with Gasteiger partial charge in [-0.3, -0.25) is 4.98 Å². The fraction of sp³-hybridized carbons (Fsp3) is 0.632. The molecule has 6 heteroatoms. The first-order valence-electron chi connectivity index (χ1n) is 9.28. The Morgan fingerprint density at radius 3 is 2.64 bits per heavy atom. The fourth-order valence-electron chi connectivity index (χ4n) is 3.77. The van der Waals surface area contributed by atoms with Gasteiger partial charge >= 0.3 is 0 Å². The molecule has 1 aliphatic carbocycles. The number of allylic oxidation sites excluding steroid dienone is 2. The summed E-state index contributed by atoms with van der Waals surface area (Å²) in [5, 5.41) is 0. The van der Waals surface area contributed by atoms with Gasteiger partial charge in [-0.25, -0.2) is 8.42 Å². The number of nitrogen functional groups attached to an aromatic ring is 1. The number of aromatic nitrogens is 1. The summed E-state index contributed by atoms with van der Waals surface area (Å²) in [5.74, 6) is 0.689. The molecule has 0 amide bonds. The minimum absolute atomic E-state index is 0.246. The maximum absolute atomic E-state index is 11.3. The molecule has 138 valence electrons. The first kappa shape index (κ1) is 18.4. The van der Waals surface area contributed by atoms with Gasteiger partial charge in [-0.2, -0.15) is 0 Å². The van der Waals surface area contributed by atoms with Gasteiger partial charge in [-0.1, -0.05) is 6.08 Å². The molecular formula is C19H29N3O2S. The van der Waals surface area contributed by atoms with Gasteiger partial charge in [0.15, 0.2) is 0 Å². The van der Waals surface area contributed by atoms with E-state index in [1.807, 2.05) is 6.07 Å². The van der Waals surface area contributed by atoms with Gasteiger partial charge in [0, 0.05) is 24.4 Å². The third kappa shape index (κ3) is 5.05. The number of rotatable bonds is 5. The molecule has 1 saturated heterocycles. The lowest BCUT2D eigenvalue weighted by molar-refractivity contribution is 0.221. The monoisotopic (exact) mass is 363 g/mol. The second kappa shape index (κ2) is 7.87. The second-order valence-electron chi connectivity index (χ2n) is 7.39. The lowest BCUT2D eigenvalue weighted by atomic mass is 9.91. The zero-order valence-electron chi connectivity index (χ0n) is 15.1. The number of hydrogen-bond acceptors (Lipinski definition) is 5. The minimum atomic E-state index is -2.89.